The maximum absolute atomic E-state index is 13.3. The molecule has 28 heavy (non-hydrogen) atoms. The molecule has 0 spiro atoms. The van der Waals surface area contributed by atoms with Crippen molar-refractivity contribution in [3.63, 3.8) is 0 Å². The zero-order valence-electron chi connectivity index (χ0n) is 16.8. The number of benzene rings is 1. The lowest BCUT2D eigenvalue weighted by molar-refractivity contribution is -0.330. The van der Waals surface area contributed by atoms with Crippen molar-refractivity contribution in [2.45, 2.75) is 68.8 Å². The molecular weight excluding hydrogens is 374 g/mol. The highest BCUT2D eigenvalue weighted by atomic mass is 32.2. The molecule has 2 saturated heterocycles. The van der Waals surface area contributed by atoms with Crippen molar-refractivity contribution in [3.05, 3.63) is 29.8 Å². The number of nitrogens with one attached hydrogen (secondary N) is 1. The van der Waals surface area contributed by atoms with Crippen LogP contribution in [0.4, 0.5) is 0 Å². The molecular formula is C22H29NO4S. The molecule has 2 heterocycles. The molecule has 0 amide bonds. The second-order valence-electron chi connectivity index (χ2n) is 8.61. The van der Waals surface area contributed by atoms with Gasteiger partial charge in [-0.05, 0) is 44.2 Å². The Kier molecular flexibility index (Phi) is 4.67. The molecule has 1 aliphatic carbocycles. The average molecular weight is 404 g/mol. The van der Waals surface area contributed by atoms with Crippen LogP contribution in [-0.4, -0.2) is 27.0 Å². The number of sulfonamides is 1. The van der Waals surface area contributed by atoms with Crippen LogP contribution < -0.4 is 4.72 Å². The fourth-order valence-corrected chi connectivity index (χ4v) is 7.22. The normalized spacial score (nSPS) is 39.1. The molecule has 0 aromatic heterocycles. The van der Waals surface area contributed by atoms with Gasteiger partial charge in [0, 0.05) is 25.9 Å². The van der Waals surface area contributed by atoms with Crippen LogP contribution in [0.3, 0.4) is 0 Å². The highest BCUT2D eigenvalue weighted by Gasteiger charge is 2.73. The Bertz CT molecular complexity index is 905. The summed E-state index contributed by atoms with van der Waals surface area (Å²) in [6.07, 6.45) is 10.9. The Morgan fingerprint density at radius 3 is 2.54 bits per heavy atom. The Hall–Kier alpha value is -1.39. The van der Waals surface area contributed by atoms with Crippen molar-refractivity contribution in [1.29, 1.82) is 0 Å². The Morgan fingerprint density at radius 2 is 1.93 bits per heavy atom. The summed E-state index contributed by atoms with van der Waals surface area (Å²) in [6, 6.07) is 6.85. The smallest absolute Gasteiger partial charge is 0.242 e. The summed E-state index contributed by atoms with van der Waals surface area (Å²) in [5.41, 5.74) is -0.804. The number of ether oxygens (including phenoxy) is 2. The van der Waals surface area contributed by atoms with Crippen molar-refractivity contribution >= 4 is 10.0 Å². The van der Waals surface area contributed by atoms with Crippen molar-refractivity contribution < 1.29 is 17.9 Å². The predicted molar refractivity (Wildman–Crippen MR) is 107 cm³/mol. The molecule has 1 saturated carbocycles. The molecule has 1 N–H and O–H groups in total. The topological polar surface area (TPSA) is 64.6 Å². The molecule has 6 heteroatoms. The number of terminal acetylenes is 1. The largest absolute Gasteiger partial charge is 0.353 e. The third kappa shape index (κ3) is 2.60. The van der Waals surface area contributed by atoms with Crippen LogP contribution in [0.25, 0.3) is 0 Å². The van der Waals surface area contributed by atoms with E-state index in [0.717, 1.165) is 37.7 Å². The van der Waals surface area contributed by atoms with Crippen LogP contribution in [0.5, 0.6) is 0 Å². The standard InChI is InChI=1S/C22H29NO4S/c1-5-13-20(6-2)17-9-10-18-15-22(20,27-21(18,14-17)26-4)23-28(24,25)19-11-7-16(3)8-12-19/h2,7-8,11-12,17-18,23H,5,9-10,13-15H2,1,3-4H3/t17-,18+,20+,21-,22-/m1/s1. The van der Waals surface area contributed by atoms with Crippen LogP contribution in [0.15, 0.2) is 29.2 Å². The summed E-state index contributed by atoms with van der Waals surface area (Å²) in [5, 5.41) is 0. The number of hydrogen-bond donors (Lipinski definition) is 1. The van der Waals surface area contributed by atoms with E-state index in [1.54, 1.807) is 31.4 Å². The third-order valence-corrected chi connectivity index (χ3v) is 8.68. The first-order chi connectivity index (χ1) is 13.3. The van der Waals surface area contributed by atoms with Gasteiger partial charge in [0.15, 0.2) is 11.5 Å². The van der Waals surface area contributed by atoms with Gasteiger partial charge < -0.3 is 9.47 Å². The maximum atomic E-state index is 13.3. The van der Waals surface area contributed by atoms with E-state index in [9.17, 15) is 8.42 Å². The molecule has 0 unspecified atom stereocenters. The van der Waals surface area contributed by atoms with E-state index >= 15 is 0 Å². The van der Waals surface area contributed by atoms with E-state index in [1.165, 1.54) is 0 Å². The summed E-state index contributed by atoms with van der Waals surface area (Å²) in [4.78, 5) is 0.228. The fourth-order valence-electron chi connectivity index (χ4n) is 5.87. The van der Waals surface area contributed by atoms with Gasteiger partial charge >= 0.3 is 0 Å². The quantitative estimate of drug-likeness (QED) is 0.738. The van der Waals surface area contributed by atoms with E-state index in [2.05, 4.69) is 17.6 Å². The van der Waals surface area contributed by atoms with E-state index in [0.29, 0.717) is 6.42 Å². The number of rotatable bonds is 6. The van der Waals surface area contributed by atoms with E-state index in [1.807, 2.05) is 6.92 Å². The lowest BCUT2D eigenvalue weighted by Gasteiger charge is -2.56. The molecule has 0 radical (unpaired) electrons. The van der Waals surface area contributed by atoms with Gasteiger partial charge in [-0.15, -0.1) is 6.42 Å². The highest BCUT2D eigenvalue weighted by molar-refractivity contribution is 7.89. The minimum Gasteiger partial charge on any atom is -0.353 e. The van der Waals surface area contributed by atoms with Crippen LogP contribution in [0.1, 0.15) is 51.0 Å². The maximum Gasteiger partial charge on any atom is 0.242 e. The van der Waals surface area contributed by atoms with Crippen LogP contribution in [0, 0.1) is 36.5 Å². The van der Waals surface area contributed by atoms with E-state index in [4.69, 9.17) is 15.9 Å². The highest BCUT2D eigenvalue weighted by Crippen LogP contribution is 2.67. The van der Waals surface area contributed by atoms with E-state index in [-0.39, 0.29) is 16.7 Å². The summed E-state index contributed by atoms with van der Waals surface area (Å²) < 4.78 is 42.0. The monoisotopic (exact) mass is 403 g/mol. The van der Waals surface area contributed by atoms with Gasteiger partial charge in [-0.1, -0.05) is 37.0 Å². The molecule has 2 aliphatic heterocycles. The van der Waals surface area contributed by atoms with Gasteiger partial charge in [-0.3, -0.25) is 0 Å². The first-order valence-electron chi connectivity index (χ1n) is 10.1. The second-order valence-corrected chi connectivity index (χ2v) is 10.3. The Balaban J connectivity index is 1.82. The van der Waals surface area contributed by atoms with Gasteiger partial charge in [-0.25, -0.2) is 8.42 Å². The average Bonchev–Trinajstić information content (AvgIpc) is 2.91. The summed E-state index contributed by atoms with van der Waals surface area (Å²) in [6.45, 7) is 4.01. The first kappa shape index (κ1) is 19.9. The molecule has 4 rings (SSSR count). The van der Waals surface area contributed by atoms with Crippen molar-refractivity contribution in [1.82, 2.24) is 4.72 Å². The number of fused-ring (bicyclic) bond motifs is 2. The summed E-state index contributed by atoms with van der Waals surface area (Å²) in [7, 11) is -2.14. The van der Waals surface area contributed by atoms with Gasteiger partial charge in [0.1, 0.15) is 0 Å². The van der Waals surface area contributed by atoms with Crippen LogP contribution in [0.2, 0.25) is 0 Å². The predicted octanol–water partition coefficient (Wildman–Crippen LogP) is 3.58. The zero-order chi connectivity index (χ0) is 20.2. The van der Waals surface area contributed by atoms with E-state index < -0.39 is 27.0 Å². The zero-order valence-corrected chi connectivity index (χ0v) is 17.6. The molecule has 3 fully saturated rings. The number of methoxy groups -OCH3 is 1. The molecule has 152 valence electrons. The molecule has 5 nitrogen and oxygen atoms in total. The van der Waals surface area contributed by atoms with Crippen molar-refractivity contribution in [3.8, 4) is 12.3 Å². The molecule has 1 aromatic carbocycles. The number of aryl methyl sites for hydroxylation is 1. The molecule has 1 aromatic rings. The first-order valence-corrected chi connectivity index (χ1v) is 11.6. The Morgan fingerprint density at radius 1 is 1.25 bits per heavy atom. The van der Waals surface area contributed by atoms with Gasteiger partial charge in [0.25, 0.3) is 0 Å². The molecule has 3 bridgehead atoms. The summed E-state index contributed by atoms with van der Waals surface area (Å²) in [5.74, 6) is 2.60. The SMILES string of the molecule is C#C[C@]1(CCC)[C@@H]2CC[C@H]3C[C@@]1(NS(=O)(=O)c1ccc(C)cc1)O[C@]3(OC)C2. The Labute approximate surface area is 168 Å². The van der Waals surface area contributed by atoms with Crippen LogP contribution >= 0.6 is 0 Å². The lowest BCUT2D eigenvalue weighted by Crippen LogP contribution is -2.67. The minimum atomic E-state index is -3.80. The molecule has 5 atom stereocenters. The van der Waals surface area contributed by atoms with Crippen molar-refractivity contribution in [2.24, 2.45) is 17.3 Å². The lowest BCUT2D eigenvalue weighted by atomic mass is 9.61. The fraction of sp³-hybridized carbons (Fsp3) is 0.636. The summed E-state index contributed by atoms with van der Waals surface area (Å²) >= 11 is 0. The third-order valence-electron chi connectivity index (χ3n) is 7.19. The van der Waals surface area contributed by atoms with Gasteiger partial charge in [0.05, 0.1) is 10.3 Å². The van der Waals surface area contributed by atoms with Gasteiger partial charge in [0.2, 0.25) is 10.0 Å². The van der Waals surface area contributed by atoms with Crippen LogP contribution in [-0.2, 0) is 19.5 Å². The number of hydrogen-bond acceptors (Lipinski definition) is 4. The van der Waals surface area contributed by atoms with Crippen molar-refractivity contribution in [2.75, 3.05) is 7.11 Å². The second kappa shape index (κ2) is 6.56. The molecule has 3 aliphatic rings. The van der Waals surface area contributed by atoms with Gasteiger partial charge in [-0.2, -0.15) is 4.72 Å². The minimum absolute atomic E-state index is 0.140.